The molecule has 0 spiro atoms. The van der Waals surface area contributed by atoms with Gasteiger partial charge >= 0.3 is 0 Å². The number of hydrogen-bond donors (Lipinski definition) is 2. The van der Waals surface area contributed by atoms with Gasteiger partial charge in [0.05, 0.1) is 0 Å². The number of rotatable bonds is 8. The molecule has 0 unspecified atom stereocenters. The molecule has 2 N–H and O–H groups in total. The highest BCUT2D eigenvalue weighted by Gasteiger charge is 2.18. The minimum Gasteiger partial charge on any atom is -0.356 e. The van der Waals surface area contributed by atoms with Gasteiger partial charge in [0.25, 0.3) is 10.0 Å². The number of nitrogens with one attached hydrogen (secondary N) is 2. The Morgan fingerprint density at radius 3 is 2.62 bits per heavy atom. The molecule has 1 heterocycles. The Kier molecular flexibility index (Phi) is 6.79. The molecule has 1 aliphatic rings. The topological polar surface area (TPSA) is 93.1 Å². The molecule has 0 aliphatic heterocycles. The standard InChI is InChI=1S/C16H28N4O3S/c1-13-19-16(12-20(13)2)24(22,23)18-11-9-15(21)17-10-8-14-6-4-3-5-7-14/h12,14,18H,3-11H2,1-2H3,(H,17,21). The first-order chi connectivity index (χ1) is 11.4. The van der Waals surface area contributed by atoms with E-state index >= 15 is 0 Å². The summed E-state index contributed by atoms with van der Waals surface area (Å²) in [5.41, 5.74) is 0. The Hall–Kier alpha value is -1.41. The van der Waals surface area contributed by atoms with Crippen LogP contribution in [0.15, 0.2) is 11.2 Å². The van der Waals surface area contributed by atoms with E-state index in [1.165, 1.54) is 38.3 Å². The van der Waals surface area contributed by atoms with Crippen molar-refractivity contribution in [3.8, 4) is 0 Å². The molecular formula is C16H28N4O3S. The van der Waals surface area contributed by atoms with E-state index in [1.54, 1.807) is 18.5 Å². The number of hydrogen-bond acceptors (Lipinski definition) is 4. The van der Waals surface area contributed by atoms with Crippen molar-refractivity contribution in [2.75, 3.05) is 13.1 Å². The highest BCUT2D eigenvalue weighted by molar-refractivity contribution is 7.89. The van der Waals surface area contributed by atoms with E-state index in [0.29, 0.717) is 12.4 Å². The third-order valence-corrected chi connectivity index (χ3v) is 5.94. The smallest absolute Gasteiger partial charge is 0.259 e. The molecule has 2 rings (SSSR count). The first-order valence-corrected chi connectivity index (χ1v) is 10.1. The fourth-order valence-corrected chi connectivity index (χ4v) is 4.08. The van der Waals surface area contributed by atoms with E-state index in [0.717, 1.165) is 12.3 Å². The van der Waals surface area contributed by atoms with Crippen LogP contribution in [0.25, 0.3) is 0 Å². The van der Waals surface area contributed by atoms with Gasteiger partial charge in [0.15, 0.2) is 5.03 Å². The predicted molar refractivity (Wildman–Crippen MR) is 92.0 cm³/mol. The van der Waals surface area contributed by atoms with Gasteiger partial charge in [0, 0.05) is 32.8 Å². The van der Waals surface area contributed by atoms with Crippen LogP contribution in [0.5, 0.6) is 0 Å². The van der Waals surface area contributed by atoms with Gasteiger partial charge in [-0.05, 0) is 19.3 Å². The van der Waals surface area contributed by atoms with E-state index < -0.39 is 10.0 Å². The Morgan fingerprint density at radius 2 is 2.00 bits per heavy atom. The third kappa shape index (κ3) is 5.59. The molecule has 1 amide bonds. The number of sulfonamides is 1. The van der Waals surface area contributed by atoms with E-state index in [-0.39, 0.29) is 23.9 Å². The summed E-state index contributed by atoms with van der Waals surface area (Å²) in [4.78, 5) is 15.8. The Balaban J connectivity index is 1.66. The van der Waals surface area contributed by atoms with Gasteiger partial charge in [0.2, 0.25) is 5.91 Å². The molecular weight excluding hydrogens is 328 g/mol. The van der Waals surface area contributed by atoms with Gasteiger partial charge < -0.3 is 9.88 Å². The SMILES string of the molecule is Cc1nc(S(=O)(=O)NCCC(=O)NCCC2CCCCC2)cn1C. The predicted octanol–water partition coefficient (Wildman–Crippen LogP) is 1.48. The average molecular weight is 356 g/mol. The summed E-state index contributed by atoms with van der Waals surface area (Å²) >= 11 is 0. The summed E-state index contributed by atoms with van der Waals surface area (Å²) < 4.78 is 28.2. The second kappa shape index (κ2) is 8.62. The first-order valence-electron chi connectivity index (χ1n) is 8.65. The van der Waals surface area contributed by atoms with Crippen molar-refractivity contribution in [1.29, 1.82) is 0 Å². The van der Waals surface area contributed by atoms with Crippen LogP contribution in [0, 0.1) is 12.8 Å². The van der Waals surface area contributed by atoms with Gasteiger partial charge in [-0.1, -0.05) is 32.1 Å². The summed E-state index contributed by atoms with van der Waals surface area (Å²) in [6.07, 6.45) is 9.07. The summed E-state index contributed by atoms with van der Waals surface area (Å²) in [7, 11) is -1.92. The van der Waals surface area contributed by atoms with Crippen LogP contribution >= 0.6 is 0 Å². The molecule has 7 nitrogen and oxygen atoms in total. The lowest BCUT2D eigenvalue weighted by Gasteiger charge is -2.21. The molecule has 0 saturated heterocycles. The van der Waals surface area contributed by atoms with Gasteiger partial charge in [-0.2, -0.15) is 0 Å². The molecule has 8 heteroatoms. The number of imidazole rings is 1. The zero-order valence-electron chi connectivity index (χ0n) is 14.5. The average Bonchev–Trinajstić information content (AvgIpc) is 2.88. The number of amides is 1. The van der Waals surface area contributed by atoms with Gasteiger partial charge in [-0.3, -0.25) is 4.79 Å². The summed E-state index contributed by atoms with van der Waals surface area (Å²) in [6.45, 7) is 2.49. The van der Waals surface area contributed by atoms with Crippen LogP contribution in [0.1, 0.15) is 50.8 Å². The lowest BCUT2D eigenvalue weighted by atomic mass is 9.87. The molecule has 1 aromatic heterocycles. The van der Waals surface area contributed by atoms with E-state index in [2.05, 4.69) is 15.0 Å². The maximum Gasteiger partial charge on any atom is 0.259 e. The zero-order chi connectivity index (χ0) is 17.6. The molecule has 1 fully saturated rings. The summed E-state index contributed by atoms with van der Waals surface area (Å²) in [5.74, 6) is 1.23. The van der Waals surface area contributed by atoms with Gasteiger partial charge in [0.1, 0.15) is 5.82 Å². The number of carbonyl (C=O) groups is 1. The highest BCUT2D eigenvalue weighted by Crippen LogP contribution is 2.25. The summed E-state index contributed by atoms with van der Waals surface area (Å²) in [6, 6.07) is 0. The Labute approximate surface area is 144 Å². The molecule has 0 bridgehead atoms. The van der Waals surface area contributed by atoms with Gasteiger partial charge in [-0.25, -0.2) is 18.1 Å². The number of nitrogens with zero attached hydrogens (tertiary/aromatic N) is 2. The molecule has 0 atom stereocenters. The van der Waals surface area contributed by atoms with Crippen molar-refractivity contribution in [3.63, 3.8) is 0 Å². The minimum absolute atomic E-state index is 0.0137. The Morgan fingerprint density at radius 1 is 1.29 bits per heavy atom. The van der Waals surface area contributed by atoms with Crippen molar-refractivity contribution in [1.82, 2.24) is 19.6 Å². The minimum atomic E-state index is -3.66. The quantitative estimate of drug-likeness (QED) is 0.738. The lowest BCUT2D eigenvalue weighted by molar-refractivity contribution is -0.120. The van der Waals surface area contributed by atoms with E-state index in [1.807, 2.05) is 0 Å². The van der Waals surface area contributed by atoms with Crippen molar-refractivity contribution in [2.24, 2.45) is 13.0 Å². The summed E-state index contributed by atoms with van der Waals surface area (Å²) in [5, 5.41) is 2.86. The number of aromatic nitrogens is 2. The van der Waals surface area contributed by atoms with Crippen LogP contribution in [-0.2, 0) is 21.9 Å². The lowest BCUT2D eigenvalue weighted by Crippen LogP contribution is -2.32. The fourth-order valence-electron chi connectivity index (χ4n) is 3.01. The molecule has 1 aliphatic carbocycles. The third-order valence-electron chi connectivity index (χ3n) is 4.61. The number of aryl methyl sites for hydroxylation is 2. The van der Waals surface area contributed by atoms with Crippen LogP contribution in [0.3, 0.4) is 0 Å². The van der Waals surface area contributed by atoms with Crippen molar-refractivity contribution in [2.45, 2.75) is 56.9 Å². The highest BCUT2D eigenvalue weighted by atomic mass is 32.2. The fraction of sp³-hybridized carbons (Fsp3) is 0.750. The Bertz CT molecular complexity index is 629. The van der Waals surface area contributed by atoms with Crippen LogP contribution in [-0.4, -0.2) is 37.0 Å². The van der Waals surface area contributed by atoms with Crippen molar-refractivity contribution < 1.29 is 13.2 Å². The normalized spacial score (nSPS) is 16.2. The molecule has 136 valence electrons. The van der Waals surface area contributed by atoms with Crippen LogP contribution in [0.4, 0.5) is 0 Å². The zero-order valence-corrected chi connectivity index (χ0v) is 15.4. The molecule has 0 aromatic carbocycles. The molecule has 1 aromatic rings. The monoisotopic (exact) mass is 356 g/mol. The second-order valence-electron chi connectivity index (χ2n) is 6.53. The van der Waals surface area contributed by atoms with Gasteiger partial charge in [-0.15, -0.1) is 0 Å². The second-order valence-corrected chi connectivity index (χ2v) is 8.24. The van der Waals surface area contributed by atoms with Crippen LogP contribution < -0.4 is 10.0 Å². The van der Waals surface area contributed by atoms with E-state index in [9.17, 15) is 13.2 Å². The number of carbonyl (C=O) groups excluding carboxylic acids is 1. The van der Waals surface area contributed by atoms with E-state index in [4.69, 9.17) is 0 Å². The first kappa shape index (κ1) is 18.9. The van der Waals surface area contributed by atoms with Crippen molar-refractivity contribution in [3.05, 3.63) is 12.0 Å². The van der Waals surface area contributed by atoms with Crippen molar-refractivity contribution >= 4 is 15.9 Å². The maximum atomic E-state index is 12.1. The molecule has 1 saturated carbocycles. The molecule has 24 heavy (non-hydrogen) atoms. The molecule has 0 radical (unpaired) electrons. The van der Waals surface area contributed by atoms with Crippen LogP contribution in [0.2, 0.25) is 0 Å². The largest absolute Gasteiger partial charge is 0.356 e. The maximum absolute atomic E-state index is 12.1.